The van der Waals surface area contributed by atoms with E-state index in [1.165, 1.54) is 0 Å². The van der Waals surface area contributed by atoms with Gasteiger partial charge >= 0.3 is 0 Å². The summed E-state index contributed by atoms with van der Waals surface area (Å²) < 4.78 is 0. The van der Waals surface area contributed by atoms with Crippen molar-refractivity contribution >= 4 is 5.91 Å². The minimum atomic E-state index is -0.0138. The number of aromatic nitrogens is 4. The first-order valence-electron chi connectivity index (χ1n) is 7.93. The summed E-state index contributed by atoms with van der Waals surface area (Å²) in [5.74, 6) is 0.547. The number of carbonyl (C=O) groups excluding carboxylic acids is 1. The van der Waals surface area contributed by atoms with Gasteiger partial charge in [-0.15, -0.1) is 0 Å². The summed E-state index contributed by atoms with van der Waals surface area (Å²) in [5, 5.41) is 6.86. The van der Waals surface area contributed by atoms with Crippen molar-refractivity contribution in [1.82, 2.24) is 25.1 Å². The minimum absolute atomic E-state index is 0.0138. The number of carbonyl (C=O) groups is 1. The van der Waals surface area contributed by atoms with Gasteiger partial charge in [0.2, 0.25) is 0 Å². The number of amides is 1. The van der Waals surface area contributed by atoms with Crippen LogP contribution in [0.4, 0.5) is 0 Å². The molecule has 0 aliphatic carbocycles. The molecule has 2 aromatic heterocycles. The van der Waals surface area contributed by atoms with Crippen LogP contribution in [0.2, 0.25) is 0 Å². The van der Waals surface area contributed by atoms with Gasteiger partial charge in [-0.3, -0.25) is 9.89 Å². The number of nitrogens with zero attached hydrogens (tertiary/aromatic N) is 4. The van der Waals surface area contributed by atoms with Crippen LogP contribution in [0.25, 0.3) is 11.4 Å². The van der Waals surface area contributed by atoms with Gasteiger partial charge in [0.1, 0.15) is 0 Å². The number of nitrogens with one attached hydrogen (secondary N) is 1. The van der Waals surface area contributed by atoms with Crippen LogP contribution in [0.5, 0.6) is 0 Å². The molecule has 0 saturated heterocycles. The van der Waals surface area contributed by atoms with Crippen LogP contribution < -0.4 is 0 Å². The molecular formula is C18H19N5O. The van der Waals surface area contributed by atoms with Gasteiger partial charge in [0.25, 0.3) is 5.91 Å². The van der Waals surface area contributed by atoms with Gasteiger partial charge in [-0.1, -0.05) is 18.2 Å². The molecule has 0 aliphatic rings. The SMILES string of the molecule is CCN(CCc1ccn[nH]1)C(=O)c1ccccc1-c1ncccn1. The van der Waals surface area contributed by atoms with E-state index in [-0.39, 0.29) is 5.91 Å². The van der Waals surface area contributed by atoms with Crippen LogP contribution in [-0.2, 0) is 6.42 Å². The van der Waals surface area contributed by atoms with Crippen molar-refractivity contribution in [2.75, 3.05) is 13.1 Å². The summed E-state index contributed by atoms with van der Waals surface area (Å²) in [7, 11) is 0. The molecule has 1 amide bonds. The van der Waals surface area contributed by atoms with Crippen molar-refractivity contribution < 1.29 is 4.79 Å². The highest BCUT2D eigenvalue weighted by atomic mass is 16.2. The molecule has 24 heavy (non-hydrogen) atoms. The zero-order chi connectivity index (χ0) is 16.8. The van der Waals surface area contributed by atoms with E-state index in [4.69, 9.17) is 0 Å². The number of benzene rings is 1. The van der Waals surface area contributed by atoms with Crippen LogP contribution in [0, 0.1) is 0 Å². The molecular weight excluding hydrogens is 302 g/mol. The van der Waals surface area contributed by atoms with Gasteiger partial charge in [0.15, 0.2) is 5.82 Å². The second-order valence-corrected chi connectivity index (χ2v) is 5.33. The fourth-order valence-electron chi connectivity index (χ4n) is 2.56. The standard InChI is InChI=1S/C18H19N5O/c1-2-23(13-9-14-8-12-21-22-14)18(24)16-7-4-3-6-15(16)17-19-10-5-11-20-17/h3-8,10-12H,2,9,13H2,1H3,(H,21,22). The van der Waals surface area contributed by atoms with Crippen molar-refractivity contribution in [3.8, 4) is 11.4 Å². The Morgan fingerprint density at radius 2 is 1.88 bits per heavy atom. The molecule has 3 rings (SSSR count). The maximum atomic E-state index is 13.0. The van der Waals surface area contributed by atoms with E-state index in [1.807, 2.05) is 42.2 Å². The van der Waals surface area contributed by atoms with E-state index in [9.17, 15) is 4.79 Å². The van der Waals surface area contributed by atoms with Crippen LogP contribution in [0.3, 0.4) is 0 Å². The van der Waals surface area contributed by atoms with Gasteiger partial charge in [-0.25, -0.2) is 9.97 Å². The zero-order valence-corrected chi connectivity index (χ0v) is 13.5. The highest BCUT2D eigenvalue weighted by Crippen LogP contribution is 2.21. The molecule has 0 bridgehead atoms. The zero-order valence-electron chi connectivity index (χ0n) is 13.5. The third kappa shape index (κ3) is 3.48. The molecule has 0 fully saturated rings. The number of rotatable bonds is 6. The fourth-order valence-corrected chi connectivity index (χ4v) is 2.56. The summed E-state index contributed by atoms with van der Waals surface area (Å²) in [4.78, 5) is 23.3. The van der Waals surface area contributed by atoms with Gasteiger partial charge in [-0.2, -0.15) is 5.10 Å². The molecule has 0 unspecified atom stereocenters. The Balaban J connectivity index is 1.83. The number of likely N-dealkylation sites (N-methyl/N-ethyl adjacent to an activating group) is 1. The second-order valence-electron chi connectivity index (χ2n) is 5.33. The molecule has 3 aromatic rings. The summed E-state index contributed by atoms with van der Waals surface area (Å²) >= 11 is 0. The number of H-pyrrole nitrogens is 1. The molecule has 6 nitrogen and oxygen atoms in total. The van der Waals surface area contributed by atoms with E-state index in [1.54, 1.807) is 24.7 Å². The van der Waals surface area contributed by atoms with Crippen molar-refractivity contribution in [2.45, 2.75) is 13.3 Å². The summed E-state index contributed by atoms with van der Waals surface area (Å²) in [6.45, 7) is 3.24. The lowest BCUT2D eigenvalue weighted by molar-refractivity contribution is 0.0766. The van der Waals surface area contributed by atoms with Crippen molar-refractivity contribution in [1.29, 1.82) is 0 Å². The molecule has 0 radical (unpaired) electrons. The topological polar surface area (TPSA) is 74.8 Å². The van der Waals surface area contributed by atoms with Gasteiger partial charge in [-0.05, 0) is 25.1 Å². The molecule has 0 aliphatic heterocycles. The Hall–Kier alpha value is -3.02. The molecule has 6 heteroatoms. The van der Waals surface area contributed by atoms with E-state index >= 15 is 0 Å². The Labute approximate surface area is 140 Å². The minimum Gasteiger partial charge on any atom is -0.339 e. The van der Waals surface area contributed by atoms with Gasteiger partial charge in [0, 0.05) is 49.4 Å². The smallest absolute Gasteiger partial charge is 0.254 e. The molecule has 1 N–H and O–H groups in total. The fraction of sp³-hybridized carbons (Fsp3) is 0.222. The van der Waals surface area contributed by atoms with Gasteiger partial charge < -0.3 is 4.90 Å². The molecule has 2 heterocycles. The van der Waals surface area contributed by atoms with Crippen LogP contribution in [0.15, 0.2) is 55.0 Å². The first-order chi connectivity index (χ1) is 11.8. The molecule has 1 aromatic carbocycles. The van der Waals surface area contributed by atoms with Crippen LogP contribution in [0.1, 0.15) is 23.0 Å². The Bertz CT molecular complexity index is 786. The second kappa shape index (κ2) is 7.50. The lowest BCUT2D eigenvalue weighted by Gasteiger charge is -2.21. The largest absolute Gasteiger partial charge is 0.339 e. The lowest BCUT2D eigenvalue weighted by Crippen LogP contribution is -2.33. The first-order valence-corrected chi connectivity index (χ1v) is 7.93. The molecule has 0 spiro atoms. The maximum absolute atomic E-state index is 13.0. The Kier molecular flexibility index (Phi) is 4.96. The number of hydrogen-bond donors (Lipinski definition) is 1. The van der Waals surface area contributed by atoms with Crippen LogP contribution in [-0.4, -0.2) is 44.1 Å². The predicted octanol–water partition coefficient (Wildman–Crippen LogP) is 2.57. The lowest BCUT2D eigenvalue weighted by atomic mass is 10.1. The maximum Gasteiger partial charge on any atom is 0.254 e. The molecule has 0 saturated carbocycles. The average Bonchev–Trinajstić information content (AvgIpc) is 3.16. The van der Waals surface area contributed by atoms with E-state index in [0.29, 0.717) is 24.5 Å². The molecule has 0 atom stereocenters. The van der Waals surface area contributed by atoms with Crippen molar-refractivity contribution in [3.05, 3.63) is 66.2 Å². The van der Waals surface area contributed by atoms with Gasteiger partial charge in [0.05, 0.1) is 5.56 Å². The van der Waals surface area contributed by atoms with E-state index < -0.39 is 0 Å². The third-order valence-electron chi connectivity index (χ3n) is 3.84. The summed E-state index contributed by atoms with van der Waals surface area (Å²) in [6.07, 6.45) is 5.82. The number of aromatic amines is 1. The Morgan fingerprint density at radius 3 is 2.58 bits per heavy atom. The molecule has 122 valence electrons. The summed E-state index contributed by atoms with van der Waals surface area (Å²) in [6, 6.07) is 11.1. The number of hydrogen-bond acceptors (Lipinski definition) is 4. The highest BCUT2D eigenvalue weighted by Gasteiger charge is 2.19. The summed E-state index contributed by atoms with van der Waals surface area (Å²) in [5.41, 5.74) is 2.39. The van der Waals surface area contributed by atoms with Crippen molar-refractivity contribution in [3.63, 3.8) is 0 Å². The monoisotopic (exact) mass is 321 g/mol. The van der Waals surface area contributed by atoms with Crippen LogP contribution >= 0.6 is 0 Å². The van der Waals surface area contributed by atoms with Crippen molar-refractivity contribution in [2.24, 2.45) is 0 Å². The normalized spacial score (nSPS) is 10.5. The average molecular weight is 321 g/mol. The third-order valence-corrected chi connectivity index (χ3v) is 3.84. The first kappa shape index (κ1) is 15.9. The van der Waals surface area contributed by atoms with E-state index in [2.05, 4.69) is 20.2 Å². The Morgan fingerprint density at radius 1 is 1.08 bits per heavy atom. The quantitative estimate of drug-likeness (QED) is 0.757. The van der Waals surface area contributed by atoms with E-state index in [0.717, 1.165) is 17.7 Å². The highest BCUT2D eigenvalue weighted by molar-refractivity contribution is 6.00. The predicted molar refractivity (Wildman–Crippen MR) is 91.3 cm³/mol.